The van der Waals surface area contributed by atoms with E-state index < -0.39 is 15.9 Å². The Kier molecular flexibility index (Phi) is 4.84. The van der Waals surface area contributed by atoms with Crippen molar-refractivity contribution in [2.75, 3.05) is 10.7 Å². The Morgan fingerprint density at radius 2 is 1.76 bits per heavy atom. The fourth-order valence-corrected chi connectivity index (χ4v) is 4.76. The van der Waals surface area contributed by atoms with Gasteiger partial charge in [-0.25, -0.2) is 8.42 Å². The lowest BCUT2D eigenvalue weighted by atomic mass is 10.1. The molecule has 0 N–H and O–H groups in total. The minimum Gasteiger partial charge on any atom is -0.300 e. The van der Waals surface area contributed by atoms with Gasteiger partial charge >= 0.3 is 0 Å². The summed E-state index contributed by atoms with van der Waals surface area (Å²) in [4.78, 5) is 14.8. The number of aryl methyl sites for hydroxylation is 2. The van der Waals surface area contributed by atoms with Gasteiger partial charge in [0.2, 0.25) is 0 Å². The molecule has 0 radical (unpaired) electrons. The van der Waals surface area contributed by atoms with Crippen molar-refractivity contribution in [3.8, 4) is 0 Å². The van der Waals surface area contributed by atoms with Gasteiger partial charge in [0.1, 0.15) is 0 Å². The van der Waals surface area contributed by atoms with E-state index in [0.717, 1.165) is 11.1 Å². The Bertz CT molecular complexity index is 946. The predicted octanol–water partition coefficient (Wildman–Crippen LogP) is 4.02. The number of hydrogen-bond acceptors (Lipinski definition) is 3. The zero-order valence-electron chi connectivity index (χ0n) is 13.9. The van der Waals surface area contributed by atoms with Gasteiger partial charge in [-0.05, 0) is 71.2 Å². The smallest absolute Gasteiger partial charge is 0.260 e. The van der Waals surface area contributed by atoms with Crippen LogP contribution in [0, 0.1) is 13.8 Å². The molecule has 130 valence electrons. The maximum absolute atomic E-state index is 13.3. The summed E-state index contributed by atoms with van der Waals surface area (Å²) in [5.74, 6) is -0.333. The van der Waals surface area contributed by atoms with Gasteiger partial charge in [0.15, 0.2) is 9.84 Å². The average Bonchev–Trinajstić information content (AvgIpc) is 2.86. The van der Waals surface area contributed by atoms with Crippen LogP contribution in [0.25, 0.3) is 0 Å². The van der Waals surface area contributed by atoms with Crippen LogP contribution in [0.5, 0.6) is 0 Å². The first-order valence-electron chi connectivity index (χ1n) is 7.84. The highest BCUT2D eigenvalue weighted by molar-refractivity contribution is 9.10. The van der Waals surface area contributed by atoms with Crippen molar-refractivity contribution in [1.29, 1.82) is 0 Å². The monoisotopic (exact) mass is 419 g/mol. The van der Waals surface area contributed by atoms with Gasteiger partial charge in [0.25, 0.3) is 5.91 Å². The standard InChI is InChI=1S/C19H18BrNO3S/c1-13-9-14(2)11-16(10-13)21(15-7-8-25(23,24)12-15)19(22)17-5-3-4-6-18(17)20/h3-11,15H,12H2,1-2H3/t15-/m0/s1. The molecule has 0 saturated heterocycles. The molecule has 0 bridgehead atoms. The van der Waals surface area contributed by atoms with Crippen LogP contribution in [0.3, 0.4) is 0 Å². The lowest BCUT2D eigenvalue weighted by molar-refractivity contribution is 0.0982. The van der Waals surface area contributed by atoms with Crippen molar-refractivity contribution in [1.82, 2.24) is 0 Å². The van der Waals surface area contributed by atoms with Crippen LogP contribution in [0.4, 0.5) is 5.69 Å². The summed E-state index contributed by atoms with van der Waals surface area (Å²) in [5.41, 5.74) is 3.24. The van der Waals surface area contributed by atoms with Gasteiger partial charge in [0.05, 0.1) is 17.4 Å². The van der Waals surface area contributed by atoms with Gasteiger partial charge in [0, 0.05) is 15.6 Å². The van der Waals surface area contributed by atoms with E-state index in [1.807, 2.05) is 38.1 Å². The SMILES string of the molecule is Cc1cc(C)cc(N(C(=O)c2ccccc2Br)[C@H]2C=CS(=O)(=O)C2)c1. The molecule has 1 amide bonds. The summed E-state index contributed by atoms with van der Waals surface area (Å²) in [6.45, 7) is 3.91. The average molecular weight is 420 g/mol. The summed E-state index contributed by atoms with van der Waals surface area (Å²) < 4.78 is 24.5. The second-order valence-corrected chi connectivity index (χ2v) is 9.01. The first kappa shape index (κ1) is 17.9. The lowest BCUT2D eigenvalue weighted by Crippen LogP contribution is -2.41. The third-order valence-electron chi connectivity index (χ3n) is 4.05. The maximum Gasteiger partial charge on any atom is 0.260 e. The van der Waals surface area contributed by atoms with E-state index >= 15 is 0 Å². The Labute approximate surface area is 156 Å². The van der Waals surface area contributed by atoms with E-state index in [0.29, 0.717) is 15.7 Å². The highest BCUT2D eigenvalue weighted by Gasteiger charge is 2.32. The molecule has 1 atom stereocenters. The van der Waals surface area contributed by atoms with Crippen LogP contribution >= 0.6 is 15.9 Å². The van der Waals surface area contributed by atoms with E-state index in [9.17, 15) is 13.2 Å². The number of amides is 1. The van der Waals surface area contributed by atoms with Gasteiger partial charge in [-0.2, -0.15) is 0 Å². The van der Waals surface area contributed by atoms with Gasteiger partial charge in [-0.3, -0.25) is 4.79 Å². The topological polar surface area (TPSA) is 54.5 Å². The second kappa shape index (κ2) is 6.77. The highest BCUT2D eigenvalue weighted by atomic mass is 79.9. The minimum absolute atomic E-state index is 0.101. The molecule has 25 heavy (non-hydrogen) atoms. The van der Waals surface area contributed by atoms with Gasteiger partial charge < -0.3 is 4.90 Å². The van der Waals surface area contributed by atoms with Crippen molar-refractivity contribution >= 4 is 37.4 Å². The Hall–Kier alpha value is -1.92. The van der Waals surface area contributed by atoms with E-state index in [1.165, 1.54) is 5.41 Å². The molecule has 1 heterocycles. The molecular formula is C19H18BrNO3S. The van der Waals surface area contributed by atoms with Gasteiger partial charge in [-0.1, -0.05) is 18.2 Å². The number of carbonyl (C=O) groups is 1. The van der Waals surface area contributed by atoms with E-state index in [-0.39, 0.29) is 11.7 Å². The lowest BCUT2D eigenvalue weighted by Gasteiger charge is -2.29. The number of sulfone groups is 1. The van der Waals surface area contributed by atoms with Crippen molar-refractivity contribution in [3.63, 3.8) is 0 Å². The largest absolute Gasteiger partial charge is 0.300 e. The summed E-state index contributed by atoms with van der Waals surface area (Å²) >= 11 is 3.41. The highest BCUT2D eigenvalue weighted by Crippen LogP contribution is 2.28. The fourth-order valence-electron chi connectivity index (χ4n) is 3.03. The van der Waals surface area contributed by atoms with Crippen LogP contribution in [-0.4, -0.2) is 26.1 Å². The molecule has 3 rings (SSSR count). The zero-order chi connectivity index (χ0) is 18.2. The van der Waals surface area contributed by atoms with E-state index in [1.54, 1.807) is 29.2 Å². The molecule has 2 aromatic carbocycles. The number of benzene rings is 2. The second-order valence-electron chi connectivity index (χ2n) is 6.23. The molecule has 1 aliphatic rings. The van der Waals surface area contributed by atoms with Crippen molar-refractivity contribution in [2.45, 2.75) is 19.9 Å². The molecule has 6 heteroatoms. The van der Waals surface area contributed by atoms with Crippen molar-refractivity contribution in [2.24, 2.45) is 0 Å². The van der Waals surface area contributed by atoms with E-state index in [2.05, 4.69) is 15.9 Å². The number of anilines is 1. The van der Waals surface area contributed by atoms with E-state index in [4.69, 9.17) is 0 Å². The fraction of sp³-hybridized carbons (Fsp3) is 0.211. The Balaban J connectivity index is 2.11. The molecule has 0 fully saturated rings. The molecule has 0 spiro atoms. The third-order valence-corrected chi connectivity index (χ3v) is 6.12. The van der Waals surface area contributed by atoms with Crippen LogP contribution < -0.4 is 4.90 Å². The molecule has 0 unspecified atom stereocenters. The Morgan fingerprint density at radius 3 is 2.32 bits per heavy atom. The third kappa shape index (κ3) is 3.85. The molecule has 0 aromatic heterocycles. The zero-order valence-corrected chi connectivity index (χ0v) is 16.3. The number of carbonyl (C=O) groups excluding carboxylic acids is 1. The molecule has 0 aliphatic carbocycles. The molecule has 2 aromatic rings. The first-order chi connectivity index (χ1) is 11.8. The first-order valence-corrected chi connectivity index (χ1v) is 10.3. The molecule has 4 nitrogen and oxygen atoms in total. The number of hydrogen-bond donors (Lipinski definition) is 0. The summed E-state index contributed by atoms with van der Waals surface area (Å²) in [6, 6.07) is 12.5. The van der Waals surface area contributed by atoms with Crippen molar-refractivity contribution < 1.29 is 13.2 Å². The van der Waals surface area contributed by atoms with Crippen molar-refractivity contribution in [3.05, 3.63) is 75.1 Å². The van der Waals surface area contributed by atoms with Crippen LogP contribution in [0.15, 0.2) is 58.4 Å². The van der Waals surface area contributed by atoms with Crippen LogP contribution in [-0.2, 0) is 9.84 Å². The van der Waals surface area contributed by atoms with Gasteiger partial charge in [-0.15, -0.1) is 0 Å². The normalized spacial score (nSPS) is 18.3. The summed E-state index contributed by atoms with van der Waals surface area (Å²) in [7, 11) is -3.28. The number of rotatable bonds is 3. The molecule has 0 saturated carbocycles. The molecular weight excluding hydrogens is 402 g/mol. The Morgan fingerprint density at radius 1 is 1.12 bits per heavy atom. The molecule has 1 aliphatic heterocycles. The van der Waals surface area contributed by atoms with Crippen LogP contribution in [0.2, 0.25) is 0 Å². The maximum atomic E-state index is 13.3. The number of halogens is 1. The minimum atomic E-state index is -3.28. The summed E-state index contributed by atoms with van der Waals surface area (Å²) in [5, 5.41) is 1.20. The quantitative estimate of drug-likeness (QED) is 0.754. The van der Waals surface area contributed by atoms with Crippen LogP contribution in [0.1, 0.15) is 21.5 Å². The summed E-state index contributed by atoms with van der Waals surface area (Å²) in [6.07, 6.45) is 1.59. The predicted molar refractivity (Wildman–Crippen MR) is 104 cm³/mol. The number of nitrogens with zero attached hydrogens (tertiary/aromatic N) is 1.